The fraction of sp³-hybridized carbons (Fsp3) is 0.378. The Balaban J connectivity index is 0.00000562. The van der Waals surface area contributed by atoms with Crippen LogP contribution in [0.3, 0.4) is 0 Å². The summed E-state index contributed by atoms with van der Waals surface area (Å²) >= 11 is 14.3. The molecule has 50 heavy (non-hydrogen) atoms. The van der Waals surface area contributed by atoms with E-state index in [2.05, 4.69) is 22.2 Å². The predicted octanol–water partition coefficient (Wildman–Crippen LogP) is 6.96. The summed E-state index contributed by atoms with van der Waals surface area (Å²) in [6, 6.07) is 17.9. The summed E-state index contributed by atoms with van der Waals surface area (Å²) in [6.45, 7) is 5.09. The Bertz CT molecular complexity index is 1680. The number of nitrogens with one attached hydrogen (secondary N) is 2. The third kappa shape index (κ3) is 10.4. The van der Waals surface area contributed by atoms with Crippen LogP contribution in [0.25, 0.3) is 0 Å². The highest BCUT2D eigenvalue weighted by Crippen LogP contribution is 2.36. The van der Waals surface area contributed by atoms with Crippen LogP contribution in [-0.4, -0.2) is 62.8 Å². The predicted molar refractivity (Wildman–Crippen MR) is 192 cm³/mol. The number of carbonyl (C=O) groups excluding carboxylic acids is 2. The van der Waals surface area contributed by atoms with Gasteiger partial charge in [-0.25, -0.2) is 14.6 Å². The van der Waals surface area contributed by atoms with Crippen LogP contribution in [0.4, 0.5) is 0 Å². The van der Waals surface area contributed by atoms with Gasteiger partial charge in [-0.15, -0.1) is 11.3 Å². The molecule has 1 aliphatic rings. The summed E-state index contributed by atoms with van der Waals surface area (Å²) in [5.41, 5.74) is 2.15. The maximum Gasteiger partial charge on any atom is 0.348 e. The number of likely N-dealkylation sites (tertiary alicyclic amines) is 1. The first-order valence-corrected chi connectivity index (χ1v) is 17.9. The average molecular weight is 745 g/mol. The molecular formula is C37H43Cl2N3O7S. The van der Waals surface area contributed by atoms with Crippen LogP contribution in [0.2, 0.25) is 10.0 Å². The third-order valence-electron chi connectivity index (χ3n) is 8.51. The minimum Gasteiger partial charge on any atom is -0.870 e. The number of pyridine rings is 1. The van der Waals surface area contributed by atoms with E-state index in [-0.39, 0.29) is 17.9 Å². The molecule has 1 saturated heterocycles. The number of esters is 2. The second kappa shape index (κ2) is 19.1. The molecule has 268 valence electrons. The van der Waals surface area contributed by atoms with Gasteiger partial charge in [0.2, 0.25) is 0 Å². The van der Waals surface area contributed by atoms with Crippen molar-refractivity contribution < 1.29 is 39.0 Å². The number of nitrogens with zero attached hydrogens (tertiary/aromatic N) is 1. The number of H-pyrrole nitrogens is 1. The Morgan fingerprint density at radius 3 is 2.40 bits per heavy atom. The normalized spacial score (nSPS) is 14.7. The summed E-state index contributed by atoms with van der Waals surface area (Å²) in [5, 5.41) is 4.21. The largest absolute Gasteiger partial charge is 0.870 e. The number of piperidine rings is 1. The Hall–Kier alpha value is -3.71. The minimum absolute atomic E-state index is 0. The van der Waals surface area contributed by atoms with Crippen molar-refractivity contribution >= 4 is 46.5 Å². The van der Waals surface area contributed by atoms with Crippen molar-refractivity contribution in [1.82, 2.24) is 10.2 Å². The first kappa shape index (κ1) is 39.1. The maximum atomic E-state index is 13.6. The number of carbonyl (C=O) groups is 2. The van der Waals surface area contributed by atoms with Gasteiger partial charge in [0.1, 0.15) is 27.1 Å². The van der Waals surface area contributed by atoms with Crippen molar-refractivity contribution in [2.24, 2.45) is 5.92 Å². The van der Waals surface area contributed by atoms with Crippen molar-refractivity contribution in [3.05, 3.63) is 110 Å². The van der Waals surface area contributed by atoms with E-state index in [0.29, 0.717) is 63.2 Å². The lowest BCUT2D eigenvalue weighted by Crippen LogP contribution is -2.34. The molecule has 2 atom stereocenters. The Morgan fingerprint density at radius 2 is 1.72 bits per heavy atom. The summed E-state index contributed by atoms with van der Waals surface area (Å²) in [7, 11) is 3.68. The van der Waals surface area contributed by atoms with E-state index in [1.165, 1.54) is 11.3 Å². The molecule has 13 heteroatoms. The van der Waals surface area contributed by atoms with E-state index < -0.39 is 18.1 Å². The zero-order chi connectivity index (χ0) is 34.8. The lowest BCUT2D eigenvalue weighted by molar-refractivity contribution is -0.377. The smallest absolute Gasteiger partial charge is 0.348 e. The standard InChI is InChI=1S/C37H41Cl2N3O6S.H2O/c1-4-46-33-18-26(10-12-31(33)45-3)32(19-28-29(38)21-40-22-30(28)39)48-36(43)34-13-11-27(49-34)20-41-35(25-8-6-5-7-9-25)37(44)47-23-24-14-16-42(2)17-15-24;/h5-13,18,21-22,24,32,35,41H,4,14-17,19-20,23H2,1-3H3;1H2. The molecule has 2 aromatic heterocycles. The van der Waals surface area contributed by atoms with E-state index in [4.69, 9.17) is 42.1 Å². The molecule has 1 aliphatic heterocycles. The number of ether oxygens (including phenoxy) is 4. The van der Waals surface area contributed by atoms with Crippen LogP contribution < -0.4 is 19.8 Å². The highest BCUT2D eigenvalue weighted by Gasteiger charge is 2.27. The summed E-state index contributed by atoms with van der Waals surface area (Å²) in [6.07, 6.45) is 4.78. The van der Waals surface area contributed by atoms with Gasteiger partial charge in [-0.1, -0.05) is 59.6 Å². The number of hydrogen-bond acceptors (Lipinski definition) is 10. The van der Waals surface area contributed by atoms with Crippen LogP contribution >= 0.6 is 34.5 Å². The molecule has 0 amide bonds. The monoisotopic (exact) mass is 743 g/mol. The molecule has 3 N–H and O–H groups in total. The molecule has 4 aromatic rings. The molecule has 1 fully saturated rings. The van der Waals surface area contributed by atoms with Gasteiger partial charge in [-0.3, -0.25) is 5.32 Å². The molecule has 2 aromatic carbocycles. The van der Waals surface area contributed by atoms with Crippen molar-refractivity contribution in [3.63, 3.8) is 0 Å². The lowest BCUT2D eigenvalue weighted by atomic mass is 9.98. The van der Waals surface area contributed by atoms with E-state index in [1.54, 1.807) is 37.7 Å². The second-order valence-corrected chi connectivity index (χ2v) is 13.9. The average Bonchev–Trinajstić information content (AvgIpc) is 3.59. The molecule has 0 saturated carbocycles. The molecule has 10 nitrogen and oxygen atoms in total. The van der Waals surface area contributed by atoms with Crippen LogP contribution in [0.15, 0.2) is 73.1 Å². The summed E-state index contributed by atoms with van der Waals surface area (Å²) in [4.78, 5) is 33.4. The van der Waals surface area contributed by atoms with Crippen LogP contribution in [0.1, 0.15) is 63.2 Å². The first-order valence-electron chi connectivity index (χ1n) is 16.3. The highest BCUT2D eigenvalue weighted by molar-refractivity contribution is 7.13. The van der Waals surface area contributed by atoms with Gasteiger partial charge >= 0.3 is 11.9 Å². The van der Waals surface area contributed by atoms with Crippen LogP contribution in [-0.2, 0) is 27.2 Å². The Kier molecular flexibility index (Phi) is 14.9. The fourth-order valence-electron chi connectivity index (χ4n) is 5.71. The number of aromatic amines is 1. The topological polar surface area (TPSA) is 130 Å². The molecule has 0 bridgehead atoms. The maximum absolute atomic E-state index is 13.6. The highest BCUT2D eigenvalue weighted by atomic mass is 35.5. The van der Waals surface area contributed by atoms with E-state index in [1.807, 2.05) is 49.4 Å². The summed E-state index contributed by atoms with van der Waals surface area (Å²) in [5.74, 6) is 0.649. The van der Waals surface area contributed by atoms with Gasteiger partial charge < -0.3 is 29.3 Å². The SMILES string of the molecule is CCOc1cc(C(Cc2c(Cl)c[nH+]cc2Cl)OC(=O)c2ccc(CNC(C(=O)OCC3CCN(C)CC3)c3ccccc3)s2)ccc1OC.[OH-]. The van der Waals surface area contributed by atoms with E-state index >= 15 is 0 Å². The van der Waals surface area contributed by atoms with Crippen molar-refractivity contribution in [2.45, 2.75) is 44.9 Å². The van der Waals surface area contributed by atoms with Gasteiger partial charge in [0.05, 0.1) is 20.3 Å². The second-order valence-electron chi connectivity index (χ2n) is 11.9. The minimum atomic E-state index is -0.736. The Morgan fingerprint density at radius 1 is 1.00 bits per heavy atom. The van der Waals surface area contributed by atoms with Gasteiger partial charge in [0, 0.05) is 23.4 Å². The number of thiophene rings is 1. The van der Waals surface area contributed by atoms with E-state index in [9.17, 15) is 9.59 Å². The number of hydrogen-bond donors (Lipinski definition) is 1. The van der Waals surface area contributed by atoms with Gasteiger partial charge in [0.15, 0.2) is 23.9 Å². The summed E-state index contributed by atoms with van der Waals surface area (Å²) < 4.78 is 23.2. The van der Waals surface area contributed by atoms with Crippen molar-refractivity contribution in [3.8, 4) is 11.5 Å². The van der Waals surface area contributed by atoms with E-state index in [0.717, 1.165) is 36.4 Å². The van der Waals surface area contributed by atoms with Crippen LogP contribution in [0.5, 0.6) is 11.5 Å². The number of benzene rings is 2. The Labute approximate surface area is 306 Å². The number of methoxy groups -OCH3 is 1. The third-order valence-corrected chi connectivity index (χ3v) is 10.2. The fourth-order valence-corrected chi connectivity index (χ4v) is 7.09. The first-order chi connectivity index (χ1) is 23.7. The zero-order valence-electron chi connectivity index (χ0n) is 28.3. The van der Waals surface area contributed by atoms with Crippen molar-refractivity contribution in [2.75, 3.05) is 40.5 Å². The van der Waals surface area contributed by atoms with Gasteiger partial charge in [-0.05, 0) is 81.2 Å². The molecule has 5 rings (SSSR count). The number of halogens is 2. The van der Waals surface area contributed by atoms with Crippen molar-refractivity contribution in [1.29, 1.82) is 0 Å². The molecule has 0 aliphatic carbocycles. The molecule has 3 heterocycles. The quantitative estimate of drug-likeness (QED) is 0.129. The number of aromatic nitrogens is 1. The van der Waals surface area contributed by atoms with Crippen LogP contribution in [0, 0.1) is 5.92 Å². The molecule has 0 radical (unpaired) electrons. The molecular weight excluding hydrogens is 701 g/mol. The van der Waals surface area contributed by atoms with Gasteiger partial charge in [0.25, 0.3) is 0 Å². The zero-order valence-corrected chi connectivity index (χ0v) is 30.7. The number of rotatable bonds is 15. The molecule has 0 spiro atoms. The lowest BCUT2D eigenvalue weighted by Gasteiger charge is -2.29. The van der Waals surface area contributed by atoms with Gasteiger partial charge in [-0.2, -0.15) is 0 Å². The molecule has 2 unspecified atom stereocenters.